The Kier molecular flexibility index (Phi) is 3.88. The number of sulfone groups is 1. The van der Waals surface area contributed by atoms with Gasteiger partial charge >= 0.3 is 0 Å². The smallest absolute Gasteiger partial charge is 0.197 e. The molecule has 2 rings (SSSR count). The Morgan fingerprint density at radius 3 is 2.10 bits per heavy atom. The summed E-state index contributed by atoms with van der Waals surface area (Å²) in [4.78, 5) is 0.184. The zero-order valence-electron chi connectivity index (χ0n) is 11.7. The second kappa shape index (κ2) is 5.05. The zero-order chi connectivity index (χ0) is 15.0. The van der Waals surface area contributed by atoms with Crippen molar-refractivity contribution in [1.82, 2.24) is 0 Å². The van der Waals surface area contributed by atoms with Gasteiger partial charge in [-0.15, -0.1) is 0 Å². The molecule has 0 bridgehead atoms. The minimum Gasteiger partial charge on any atom is -0.222 e. The quantitative estimate of drug-likeness (QED) is 0.845. The summed E-state index contributed by atoms with van der Waals surface area (Å²) < 4.78 is 24.2. The van der Waals surface area contributed by atoms with Gasteiger partial charge in [0.05, 0.1) is 11.0 Å². The lowest BCUT2D eigenvalue weighted by Crippen LogP contribution is -2.55. The molecule has 0 aliphatic heterocycles. The molecule has 1 aromatic rings. The van der Waals surface area contributed by atoms with E-state index in [1.54, 1.807) is 12.1 Å². The standard InChI is InChI=1S/C15H18ClNO2S/c1-3-14(4-2)9-15(10-14,11-17)20(18,19)13-7-5-12(16)6-8-13/h5-8H,3-4,9-10H2,1-2H3. The first kappa shape index (κ1) is 15.3. The van der Waals surface area contributed by atoms with Crippen molar-refractivity contribution in [2.24, 2.45) is 5.41 Å². The number of hydrogen-bond acceptors (Lipinski definition) is 3. The summed E-state index contributed by atoms with van der Waals surface area (Å²) in [6.45, 7) is 4.11. The van der Waals surface area contributed by atoms with Crippen molar-refractivity contribution in [2.45, 2.75) is 49.2 Å². The molecular formula is C15H18ClNO2S. The molecule has 0 heterocycles. The topological polar surface area (TPSA) is 57.9 Å². The minimum absolute atomic E-state index is 0.00474. The predicted molar refractivity (Wildman–Crippen MR) is 79.2 cm³/mol. The molecule has 1 aliphatic rings. The normalized spacial score (nSPS) is 19.9. The molecule has 0 amide bonds. The highest BCUT2D eigenvalue weighted by atomic mass is 35.5. The number of nitrogens with zero attached hydrogens (tertiary/aromatic N) is 1. The van der Waals surface area contributed by atoms with Gasteiger partial charge in [-0.2, -0.15) is 5.26 Å². The number of nitriles is 1. The van der Waals surface area contributed by atoms with E-state index in [1.807, 2.05) is 0 Å². The van der Waals surface area contributed by atoms with Crippen molar-refractivity contribution in [3.05, 3.63) is 29.3 Å². The number of hydrogen-bond donors (Lipinski definition) is 0. The van der Waals surface area contributed by atoms with Crippen molar-refractivity contribution < 1.29 is 8.42 Å². The monoisotopic (exact) mass is 311 g/mol. The van der Waals surface area contributed by atoms with Gasteiger partial charge in [-0.1, -0.05) is 38.3 Å². The molecular weight excluding hydrogens is 294 g/mol. The van der Waals surface area contributed by atoms with E-state index in [1.165, 1.54) is 12.1 Å². The van der Waals surface area contributed by atoms with Gasteiger partial charge in [0, 0.05) is 5.02 Å². The van der Waals surface area contributed by atoms with Crippen LogP contribution in [0.15, 0.2) is 29.2 Å². The van der Waals surface area contributed by atoms with Crippen molar-refractivity contribution >= 4 is 21.4 Å². The van der Waals surface area contributed by atoms with Crippen molar-refractivity contribution in [3.63, 3.8) is 0 Å². The van der Waals surface area contributed by atoms with E-state index in [9.17, 15) is 13.7 Å². The average molecular weight is 312 g/mol. The number of benzene rings is 1. The first-order valence-electron chi connectivity index (χ1n) is 6.76. The Morgan fingerprint density at radius 2 is 1.70 bits per heavy atom. The summed E-state index contributed by atoms with van der Waals surface area (Å²) in [7, 11) is -3.64. The van der Waals surface area contributed by atoms with Crippen LogP contribution in [0.25, 0.3) is 0 Å². The minimum atomic E-state index is -3.64. The Bertz CT molecular complexity index is 631. The van der Waals surface area contributed by atoms with Gasteiger partial charge in [-0.3, -0.25) is 0 Å². The summed E-state index contributed by atoms with van der Waals surface area (Å²) in [6.07, 6.45) is 2.66. The lowest BCUT2D eigenvalue weighted by atomic mass is 9.59. The maximum absolute atomic E-state index is 12.7. The Morgan fingerprint density at radius 1 is 1.20 bits per heavy atom. The zero-order valence-corrected chi connectivity index (χ0v) is 13.3. The van der Waals surface area contributed by atoms with Crippen molar-refractivity contribution in [1.29, 1.82) is 5.26 Å². The molecule has 1 fully saturated rings. The van der Waals surface area contributed by atoms with Crippen LogP contribution >= 0.6 is 11.6 Å². The van der Waals surface area contributed by atoms with Gasteiger partial charge in [0.2, 0.25) is 0 Å². The van der Waals surface area contributed by atoms with Gasteiger partial charge in [0.25, 0.3) is 0 Å². The summed E-state index contributed by atoms with van der Waals surface area (Å²) in [5.74, 6) is 0. The molecule has 0 atom stereocenters. The van der Waals surface area contributed by atoms with Crippen LogP contribution in [0.1, 0.15) is 39.5 Å². The van der Waals surface area contributed by atoms with E-state index in [4.69, 9.17) is 11.6 Å². The molecule has 5 heteroatoms. The fourth-order valence-electron chi connectivity index (χ4n) is 3.08. The van der Waals surface area contributed by atoms with Crippen molar-refractivity contribution in [3.8, 4) is 6.07 Å². The van der Waals surface area contributed by atoms with Crippen LogP contribution in [-0.4, -0.2) is 13.2 Å². The third kappa shape index (κ3) is 2.13. The molecule has 0 radical (unpaired) electrons. The van der Waals surface area contributed by atoms with Crippen LogP contribution in [0.2, 0.25) is 5.02 Å². The van der Waals surface area contributed by atoms with Gasteiger partial charge in [-0.25, -0.2) is 8.42 Å². The van der Waals surface area contributed by atoms with Gasteiger partial charge in [0.15, 0.2) is 14.6 Å². The largest absolute Gasteiger partial charge is 0.222 e. The molecule has 108 valence electrons. The number of rotatable bonds is 4. The molecule has 3 nitrogen and oxygen atoms in total. The summed E-state index contributed by atoms with van der Waals surface area (Å²) >= 11 is 5.79. The highest BCUT2D eigenvalue weighted by Gasteiger charge is 2.61. The molecule has 20 heavy (non-hydrogen) atoms. The average Bonchev–Trinajstić information content (AvgIpc) is 2.40. The molecule has 0 spiro atoms. The molecule has 0 aromatic heterocycles. The molecule has 0 unspecified atom stereocenters. The van der Waals surface area contributed by atoms with Crippen LogP contribution < -0.4 is 0 Å². The maximum atomic E-state index is 12.7. The SMILES string of the molecule is CCC1(CC)CC(C#N)(S(=O)(=O)c2ccc(Cl)cc2)C1. The van der Waals surface area contributed by atoms with E-state index < -0.39 is 14.6 Å². The van der Waals surface area contributed by atoms with Gasteiger partial charge < -0.3 is 0 Å². The fourth-order valence-corrected chi connectivity index (χ4v) is 5.26. The Hall–Kier alpha value is -1.05. The first-order valence-corrected chi connectivity index (χ1v) is 8.62. The van der Waals surface area contributed by atoms with Crippen LogP contribution in [-0.2, 0) is 9.84 Å². The van der Waals surface area contributed by atoms with Crippen LogP contribution in [0.5, 0.6) is 0 Å². The van der Waals surface area contributed by atoms with Gasteiger partial charge in [-0.05, 0) is 42.5 Å². The molecule has 0 saturated heterocycles. The van der Waals surface area contributed by atoms with Crippen LogP contribution in [0, 0.1) is 16.7 Å². The molecule has 1 aliphatic carbocycles. The first-order chi connectivity index (χ1) is 9.35. The second-order valence-corrected chi connectivity index (χ2v) is 8.32. The Labute approximate surface area is 125 Å². The lowest BCUT2D eigenvalue weighted by Gasteiger charge is -2.51. The summed E-state index contributed by atoms with van der Waals surface area (Å²) in [6, 6.07) is 8.13. The van der Waals surface area contributed by atoms with E-state index in [0.29, 0.717) is 17.9 Å². The number of halogens is 1. The van der Waals surface area contributed by atoms with Gasteiger partial charge in [0.1, 0.15) is 0 Å². The molecule has 1 aromatic carbocycles. The fraction of sp³-hybridized carbons (Fsp3) is 0.533. The second-order valence-electron chi connectivity index (χ2n) is 5.62. The van der Waals surface area contributed by atoms with Crippen molar-refractivity contribution in [2.75, 3.05) is 0 Å². The maximum Gasteiger partial charge on any atom is 0.197 e. The lowest BCUT2D eigenvalue weighted by molar-refractivity contribution is 0.0927. The van der Waals surface area contributed by atoms with E-state index in [2.05, 4.69) is 19.9 Å². The summed E-state index contributed by atoms with van der Waals surface area (Å²) in [5, 5.41) is 9.94. The molecule has 0 N–H and O–H groups in total. The Balaban J connectivity index is 2.39. The van der Waals surface area contributed by atoms with Crippen LogP contribution in [0.3, 0.4) is 0 Å². The molecule has 1 saturated carbocycles. The van der Waals surface area contributed by atoms with E-state index in [-0.39, 0.29) is 10.3 Å². The highest BCUT2D eigenvalue weighted by molar-refractivity contribution is 7.93. The third-order valence-electron chi connectivity index (χ3n) is 4.66. The summed E-state index contributed by atoms with van der Waals surface area (Å²) in [5.41, 5.74) is -0.00474. The van der Waals surface area contributed by atoms with E-state index >= 15 is 0 Å². The van der Waals surface area contributed by atoms with E-state index in [0.717, 1.165) is 12.8 Å². The predicted octanol–water partition coefficient (Wildman–Crippen LogP) is 3.98. The third-order valence-corrected chi connectivity index (χ3v) is 7.22. The highest BCUT2D eigenvalue weighted by Crippen LogP contribution is 2.57. The van der Waals surface area contributed by atoms with Crippen LogP contribution in [0.4, 0.5) is 0 Å².